The minimum absolute atomic E-state index is 0.777. The zero-order chi connectivity index (χ0) is 13.9. The van der Waals surface area contributed by atoms with Gasteiger partial charge in [0.25, 0.3) is 0 Å². The molecule has 0 atom stereocenters. The number of fused-ring (bicyclic) bond motifs is 1. The maximum absolute atomic E-state index is 4.13. The molecule has 0 saturated carbocycles. The molecule has 0 saturated heterocycles. The van der Waals surface area contributed by atoms with Crippen molar-refractivity contribution in [2.75, 3.05) is 5.32 Å². The van der Waals surface area contributed by atoms with Crippen molar-refractivity contribution < 1.29 is 0 Å². The summed E-state index contributed by atoms with van der Waals surface area (Å²) < 4.78 is 2.11. The molecule has 0 unspecified atom stereocenters. The Kier molecular flexibility index (Phi) is 4.03. The maximum atomic E-state index is 4.13. The molecule has 0 bridgehead atoms. The average Bonchev–Trinajstić information content (AvgIpc) is 2.46. The third-order valence-electron chi connectivity index (χ3n) is 3.14. The number of aromatic nitrogens is 1. The fourth-order valence-electron chi connectivity index (χ4n) is 2.10. The fraction of sp³-hybridized carbons (Fsp3) is 0.0625. The average molecular weight is 392 g/mol. The van der Waals surface area contributed by atoms with Crippen LogP contribution >= 0.6 is 31.9 Å². The van der Waals surface area contributed by atoms with Crippen molar-refractivity contribution in [3.63, 3.8) is 0 Å². The standard InChI is InChI=1S/C16H12Br2N2/c17-14-2-1-3-15(18)16(14)20-9-11-4-5-13-10-19-7-6-12(13)8-11/h1-8,10,20H,9H2. The number of para-hydroxylation sites is 1. The summed E-state index contributed by atoms with van der Waals surface area (Å²) in [7, 11) is 0. The highest BCUT2D eigenvalue weighted by molar-refractivity contribution is 9.11. The summed E-state index contributed by atoms with van der Waals surface area (Å²) in [4.78, 5) is 4.13. The molecular formula is C16H12Br2N2. The normalized spacial score (nSPS) is 10.7. The van der Waals surface area contributed by atoms with Crippen molar-refractivity contribution in [2.24, 2.45) is 0 Å². The van der Waals surface area contributed by atoms with Crippen LogP contribution in [-0.2, 0) is 6.54 Å². The molecule has 0 aliphatic rings. The first-order chi connectivity index (χ1) is 9.74. The quantitative estimate of drug-likeness (QED) is 0.648. The van der Waals surface area contributed by atoms with Gasteiger partial charge in [-0.15, -0.1) is 0 Å². The number of benzene rings is 2. The first-order valence-corrected chi connectivity index (χ1v) is 7.83. The van der Waals surface area contributed by atoms with Crippen LogP contribution in [0.1, 0.15) is 5.56 Å². The van der Waals surface area contributed by atoms with Crippen molar-refractivity contribution in [1.29, 1.82) is 0 Å². The molecular weight excluding hydrogens is 380 g/mol. The Balaban J connectivity index is 1.83. The second-order valence-electron chi connectivity index (χ2n) is 4.51. The lowest BCUT2D eigenvalue weighted by atomic mass is 10.1. The topological polar surface area (TPSA) is 24.9 Å². The summed E-state index contributed by atoms with van der Waals surface area (Å²) in [6.07, 6.45) is 3.71. The molecule has 0 aliphatic carbocycles. The lowest BCUT2D eigenvalue weighted by molar-refractivity contribution is 1.15. The fourth-order valence-corrected chi connectivity index (χ4v) is 3.38. The Morgan fingerprint density at radius 2 is 1.75 bits per heavy atom. The van der Waals surface area contributed by atoms with Crippen LogP contribution < -0.4 is 5.32 Å². The lowest BCUT2D eigenvalue weighted by Gasteiger charge is -2.11. The SMILES string of the molecule is Brc1cccc(Br)c1NCc1ccc2cnccc2c1. The lowest BCUT2D eigenvalue weighted by Crippen LogP contribution is -2.00. The van der Waals surface area contributed by atoms with Gasteiger partial charge in [-0.25, -0.2) is 0 Å². The van der Waals surface area contributed by atoms with Gasteiger partial charge in [-0.1, -0.05) is 18.2 Å². The van der Waals surface area contributed by atoms with E-state index in [1.807, 2.05) is 36.7 Å². The van der Waals surface area contributed by atoms with Crippen LogP contribution in [0.4, 0.5) is 5.69 Å². The van der Waals surface area contributed by atoms with Crippen LogP contribution in [0.2, 0.25) is 0 Å². The molecule has 3 aromatic rings. The number of pyridine rings is 1. The van der Waals surface area contributed by atoms with E-state index in [0.717, 1.165) is 21.2 Å². The second kappa shape index (κ2) is 5.94. The Morgan fingerprint density at radius 1 is 0.950 bits per heavy atom. The van der Waals surface area contributed by atoms with Crippen LogP contribution in [0.5, 0.6) is 0 Å². The minimum Gasteiger partial charge on any atom is -0.379 e. The summed E-state index contributed by atoms with van der Waals surface area (Å²) in [5.74, 6) is 0. The first kappa shape index (κ1) is 13.6. The van der Waals surface area contributed by atoms with E-state index in [4.69, 9.17) is 0 Å². The Bertz CT molecular complexity index is 736. The molecule has 4 heteroatoms. The summed E-state index contributed by atoms with van der Waals surface area (Å²) in [6, 6.07) is 14.5. The molecule has 2 nitrogen and oxygen atoms in total. The third-order valence-corrected chi connectivity index (χ3v) is 4.46. The van der Waals surface area contributed by atoms with Crippen LogP contribution in [0.25, 0.3) is 10.8 Å². The van der Waals surface area contributed by atoms with Crippen LogP contribution in [0, 0.1) is 0 Å². The Morgan fingerprint density at radius 3 is 2.55 bits per heavy atom. The number of hydrogen-bond acceptors (Lipinski definition) is 2. The highest BCUT2D eigenvalue weighted by Gasteiger charge is 2.04. The number of nitrogens with zero attached hydrogens (tertiary/aromatic N) is 1. The van der Waals surface area contributed by atoms with Crippen molar-refractivity contribution >= 4 is 48.3 Å². The van der Waals surface area contributed by atoms with Gasteiger partial charge < -0.3 is 5.32 Å². The van der Waals surface area contributed by atoms with Crippen molar-refractivity contribution in [1.82, 2.24) is 4.98 Å². The number of nitrogens with one attached hydrogen (secondary N) is 1. The Labute approximate surface area is 134 Å². The zero-order valence-corrected chi connectivity index (χ0v) is 13.8. The van der Waals surface area contributed by atoms with Gasteiger partial charge in [-0.3, -0.25) is 4.98 Å². The largest absolute Gasteiger partial charge is 0.379 e. The van der Waals surface area contributed by atoms with E-state index in [1.54, 1.807) is 0 Å². The monoisotopic (exact) mass is 390 g/mol. The zero-order valence-electron chi connectivity index (χ0n) is 10.6. The predicted octanol–water partition coefficient (Wildman–Crippen LogP) is 5.37. The molecule has 100 valence electrons. The van der Waals surface area contributed by atoms with Gasteiger partial charge in [0, 0.05) is 33.3 Å². The van der Waals surface area contributed by atoms with Crippen molar-refractivity contribution in [3.05, 3.63) is 69.4 Å². The van der Waals surface area contributed by atoms with Crippen molar-refractivity contribution in [2.45, 2.75) is 6.54 Å². The van der Waals surface area contributed by atoms with Crippen LogP contribution in [0.3, 0.4) is 0 Å². The predicted molar refractivity (Wildman–Crippen MR) is 90.9 cm³/mol. The van der Waals surface area contributed by atoms with E-state index in [0.29, 0.717) is 0 Å². The summed E-state index contributed by atoms with van der Waals surface area (Å²) >= 11 is 7.12. The molecule has 1 N–H and O–H groups in total. The molecule has 0 fully saturated rings. The van der Waals surface area contributed by atoms with E-state index in [2.05, 4.69) is 60.4 Å². The smallest absolute Gasteiger partial charge is 0.0631 e. The molecule has 0 spiro atoms. The van der Waals surface area contributed by atoms with Gasteiger partial charge in [0.05, 0.1) is 5.69 Å². The molecule has 3 rings (SSSR count). The molecule has 20 heavy (non-hydrogen) atoms. The summed E-state index contributed by atoms with van der Waals surface area (Å²) in [6.45, 7) is 0.777. The first-order valence-electron chi connectivity index (χ1n) is 6.24. The highest BCUT2D eigenvalue weighted by atomic mass is 79.9. The van der Waals surface area contributed by atoms with E-state index >= 15 is 0 Å². The summed E-state index contributed by atoms with van der Waals surface area (Å²) in [5.41, 5.74) is 2.31. The van der Waals surface area contributed by atoms with Gasteiger partial charge >= 0.3 is 0 Å². The minimum atomic E-state index is 0.777. The highest BCUT2D eigenvalue weighted by Crippen LogP contribution is 2.31. The van der Waals surface area contributed by atoms with E-state index in [9.17, 15) is 0 Å². The Hall–Kier alpha value is -1.39. The summed E-state index contributed by atoms with van der Waals surface area (Å²) in [5, 5.41) is 5.83. The van der Waals surface area contributed by atoms with Gasteiger partial charge in [-0.05, 0) is 67.1 Å². The molecule has 2 aromatic carbocycles. The van der Waals surface area contributed by atoms with Crippen molar-refractivity contribution in [3.8, 4) is 0 Å². The van der Waals surface area contributed by atoms with Gasteiger partial charge in [-0.2, -0.15) is 0 Å². The number of halogens is 2. The number of anilines is 1. The van der Waals surface area contributed by atoms with E-state index in [-0.39, 0.29) is 0 Å². The third kappa shape index (κ3) is 2.86. The molecule has 0 radical (unpaired) electrons. The molecule has 1 aromatic heterocycles. The molecule has 1 heterocycles. The molecule has 0 amide bonds. The maximum Gasteiger partial charge on any atom is 0.0631 e. The molecule has 0 aliphatic heterocycles. The van der Waals surface area contributed by atoms with Gasteiger partial charge in [0.2, 0.25) is 0 Å². The van der Waals surface area contributed by atoms with Crippen LogP contribution in [-0.4, -0.2) is 4.98 Å². The van der Waals surface area contributed by atoms with E-state index in [1.165, 1.54) is 16.3 Å². The second-order valence-corrected chi connectivity index (χ2v) is 6.22. The van der Waals surface area contributed by atoms with E-state index < -0.39 is 0 Å². The number of rotatable bonds is 3. The number of hydrogen-bond donors (Lipinski definition) is 1. The van der Waals surface area contributed by atoms with Crippen LogP contribution in [0.15, 0.2) is 63.8 Å². The van der Waals surface area contributed by atoms with Gasteiger partial charge in [0.15, 0.2) is 0 Å². The van der Waals surface area contributed by atoms with Gasteiger partial charge in [0.1, 0.15) is 0 Å².